The van der Waals surface area contributed by atoms with Gasteiger partial charge in [-0.05, 0) is 30.0 Å². The Morgan fingerprint density at radius 1 is 1.41 bits per heavy atom. The topological polar surface area (TPSA) is 97.2 Å². The number of aliphatic hydroxyl groups is 1. The molecule has 0 fully saturated rings. The molecule has 2 N–H and O–H groups in total. The van der Waals surface area contributed by atoms with E-state index < -0.39 is 0 Å². The second-order valence-electron chi connectivity index (χ2n) is 6.86. The number of ether oxygens (including phenoxy) is 1. The number of methoxy groups -OCH3 is 1. The van der Waals surface area contributed by atoms with Gasteiger partial charge in [0, 0.05) is 19.8 Å². The summed E-state index contributed by atoms with van der Waals surface area (Å²) < 4.78 is 5.28. The minimum absolute atomic E-state index is 0.0116. The van der Waals surface area contributed by atoms with Gasteiger partial charge in [-0.15, -0.1) is 0 Å². The predicted octanol–water partition coefficient (Wildman–Crippen LogP) is 4.27. The van der Waals surface area contributed by atoms with Crippen molar-refractivity contribution in [2.45, 2.75) is 45.4 Å². The highest BCUT2D eigenvalue weighted by Crippen LogP contribution is 2.37. The van der Waals surface area contributed by atoms with Crippen molar-refractivity contribution in [3.8, 4) is 5.75 Å². The van der Waals surface area contributed by atoms with Gasteiger partial charge in [0.2, 0.25) is 5.91 Å². The van der Waals surface area contributed by atoms with Crippen LogP contribution in [0.4, 0.5) is 5.69 Å². The first-order valence-electron chi connectivity index (χ1n) is 9.62. The van der Waals surface area contributed by atoms with Crippen LogP contribution in [0, 0.1) is 0 Å². The van der Waals surface area contributed by atoms with Crippen LogP contribution >= 0.6 is 0 Å². The Hall–Kier alpha value is -3.09. The Kier molecular flexibility index (Phi) is 8.00. The second kappa shape index (κ2) is 10.5. The predicted molar refractivity (Wildman–Crippen MR) is 112 cm³/mol. The molecule has 0 radical (unpaired) electrons. The molecule has 156 valence electrons. The molecule has 1 aromatic carbocycles. The summed E-state index contributed by atoms with van der Waals surface area (Å²) in [6.45, 7) is 7.19. The Bertz CT molecular complexity index is 842. The summed E-state index contributed by atoms with van der Waals surface area (Å²) in [7, 11) is 1.52. The van der Waals surface area contributed by atoms with Crippen LogP contribution in [0.2, 0.25) is 0 Å². The number of Topliss-reactive ketones (excluding diaryl/α,β-unsaturated/α-hetero) is 1. The SMILES string of the molecule is C=CCO/N=C(\CCC)C1=C(O)CC(c2ccc(OC)c(NC(C)=O)c2)CC1=O. The Balaban J connectivity index is 2.32. The molecule has 7 heteroatoms. The molecule has 0 saturated heterocycles. The number of rotatable bonds is 9. The number of anilines is 1. The van der Waals surface area contributed by atoms with Crippen LogP contribution in [0.25, 0.3) is 0 Å². The maximum atomic E-state index is 12.9. The zero-order valence-electron chi connectivity index (χ0n) is 17.2. The van der Waals surface area contributed by atoms with E-state index in [0.29, 0.717) is 30.0 Å². The maximum Gasteiger partial charge on any atom is 0.221 e. The van der Waals surface area contributed by atoms with Gasteiger partial charge in [0.15, 0.2) is 5.78 Å². The quantitative estimate of drug-likeness (QED) is 0.279. The Morgan fingerprint density at radius 3 is 2.76 bits per heavy atom. The fourth-order valence-electron chi connectivity index (χ4n) is 3.35. The van der Waals surface area contributed by atoms with Crippen molar-refractivity contribution < 1.29 is 24.3 Å². The standard InChI is InChI=1S/C22H28N2O5/c1-5-7-17(24-29-10-6-2)22-19(26)12-16(13-20(22)27)15-8-9-21(28-4)18(11-15)23-14(3)25/h6,8-9,11,16,26H,2,5,7,10,12-13H2,1,3-4H3,(H,23,25)/b24-17+. The van der Waals surface area contributed by atoms with Crippen LogP contribution < -0.4 is 10.1 Å². The van der Waals surface area contributed by atoms with E-state index in [4.69, 9.17) is 9.57 Å². The fraction of sp³-hybridized carbons (Fsp3) is 0.409. The number of hydrogen-bond donors (Lipinski definition) is 2. The third kappa shape index (κ3) is 5.70. The monoisotopic (exact) mass is 400 g/mol. The van der Waals surface area contributed by atoms with E-state index in [1.54, 1.807) is 18.2 Å². The van der Waals surface area contributed by atoms with Crippen LogP contribution in [0.3, 0.4) is 0 Å². The third-order valence-corrected chi connectivity index (χ3v) is 4.59. The van der Waals surface area contributed by atoms with Crippen LogP contribution in [0.5, 0.6) is 5.75 Å². The van der Waals surface area contributed by atoms with Crippen LogP contribution in [0.15, 0.2) is 47.3 Å². The average Bonchev–Trinajstić information content (AvgIpc) is 2.67. The normalized spacial score (nSPS) is 17.1. The van der Waals surface area contributed by atoms with E-state index in [2.05, 4.69) is 17.1 Å². The zero-order chi connectivity index (χ0) is 21.4. The molecule has 2 rings (SSSR count). The first-order chi connectivity index (χ1) is 13.9. The van der Waals surface area contributed by atoms with Crippen molar-refractivity contribution in [2.24, 2.45) is 5.16 Å². The largest absolute Gasteiger partial charge is 0.511 e. The molecular formula is C22H28N2O5. The summed E-state index contributed by atoms with van der Waals surface area (Å²) in [6.07, 6.45) is 3.40. The first kappa shape index (κ1) is 22.2. The van der Waals surface area contributed by atoms with Crippen molar-refractivity contribution in [2.75, 3.05) is 19.0 Å². The average molecular weight is 400 g/mol. The van der Waals surface area contributed by atoms with Crippen LogP contribution in [-0.2, 0) is 14.4 Å². The third-order valence-electron chi connectivity index (χ3n) is 4.59. The summed E-state index contributed by atoms with van der Waals surface area (Å²) >= 11 is 0. The van der Waals surface area contributed by atoms with E-state index in [0.717, 1.165) is 12.0 Å². The fourth-order valence-corrected chi connectivity index (χ4v) is 3.35. The van der Waals surface area contributed by atoms with Crippen molar-refractivity contribution in [1.82, 2.24) is 0 Å². The van der Waals surface area contributed by atoms with Crippen molar-refractivity contribution in [3.63, 3.8) is 0 Å². The highest BCUT2D eigenvalue weighted by atomic mass is 16.6. The highest BCUT2D eigenvalue weighted by Gasteiger charge is 2.31. The molecule has 0 saturated carbocycles. The van der Waals surface area contributed by atoms with E-state index in [1.165, 1.54) is 14.0 Å². The van der Waals surface area contributed by atoms with Crippen LogP contribution in [0.1, 0.15) is 51.0 Å². The number of nitrogens with one attached hydrogen (secondary N) is 1. The molecule has 1 unspecified atom stereocenters. The number of allylic oxidation sites excluding steroid dienone is 2. The molecule has 1 aliphatic rings. The second-order valence-corrected chi connectivity index (χ2v) is 6.86. The minimum Gasteiger partial charge on any atom is -0.511 e. The number of carbonyl (C=O) groups excluding carboxylic acids is 2. The number of hydrogen-bond acceptors (Lipinski definition) is 6. The molecule has 0 aromatic heterocycles. The lowest BCUT2D eigenvalue weighted by Gasteiger charge is -2.25. The van der Waals surface area contributed by atoms with Gasteiger partial charge in [0.25, 0.3) is 0 Å². The van der Waals surface area contributed by atoms with Crippen LogP contribution in [-0.4, -0.2) is 36.2 Å². The van der Waals surface area contributed by atoms with Gasteiger partial charge in [0.1, 0.15) is 18.1 Å². The van der Waals surface area contributed by atoms with E-state index in [-0.39, 0.29) is 42.0 Å². The van der Waals surface area contributed by atoms with Gasteiger partial charge in [-0.25, -0.2) is 0 Å². The molecule has 1 atom stereocenters. The minimum atomic E-state index is -0.217. The number of benzene rings is 1. The summed E-state index contributed by atoms with van der Waals surface area (Å²) in [5.41, 5.74) is 2.09. The maximum absolute atomic E-state index is 12.9. The van der Waals surface area contributed by atoms with Gasteiger partial charge >= 0.3 is 0 Å². The molecule has 0 spiro atoms. The van der Waals surface area contributed by atoms with Gasteiger partial charge in [-0.3, -0.25) is 9.59 Å². The molecule has 7 nitrogen and oxygen atoms in total. The van der Waals surface area contributed by atoms with Gasteiger partial charge in [-0.1, -0.05) is 37.2 Å². The molecule has 29 heavy (non-hydrogen) atoms. The first-order valence-corrected chi connectivity index (χ1v) is 9.62. The Labute approximate surface area is 171 Å². The smallest absolute Gasteiger partial charge is 0.221 e. The summed E-state index contributed by atoms with van der Waals surface area (Å²) in [5, 5.41) is 17.4. The molecule has 0 heterocycles. The van der Waals surface area contributed by atoms with Gasteiger partial charge in [-0.2, -0.15) is 0 Å². The van der Waals surface area contributed by atoms with Gasteiger partial charge < -0.3 is 20.0 Å². The van der Waals surface area contributed by atoms with E-state index in [9.17, 15) is 14.7 Å². The molecule has 0 bridgehead atoms. The summed E-state index contributed by atoms with van der Waals surface area (Å²) in [6, 6.07) is 5.37. The summed E-state index contributed by atoms with van der Waals surface area (Å²) in [5.74, 6) is -0.0577. The number of carbonyl (C=O) groups is 2. The summed E-state index contributed by atoms with van der Waals surface area (Å²) in [4.78, 5) is 29.5. The van der Waals surface area contributed by atoms with Crippen molar-refractivity contribution >= 4 is 23.1 Å². The highest BCUT2D eigenvalue weighted by molar-refractivity contribution is 6.23. The molecule has 0 aliphatic heterocycles. The molecule has 1 aliphatic carbocycles. The Morgan fingerprint density at radius 2 is 2.17 bits per heavy atom. The molecule has 1 amide bonds. The number of nitrogens with zero attached hydrogens (tertiary/aromatic N) is 1. The molecular weight excluding hydrogens is 372 g/mol. The lowest BCUT2D eigenvalue weighted by atomic mass is 9.80. The van der Waals surface area contributed by atoms with E-state index >= 15 is 0 Å². The van der Waals surface area contributed by atoms with Gasteiger partial charge in [0.05, 0.1) is 24.1 Å². The van der Waals surface area contributed by atoms with Crippen molar-refractivity contribution in [3.05, 3.63) is 47.7 Å². The van der Waals surface area contributed by atoms with E-state index in [1.807, 2.05) is 13.0 Å². The van der Waals surface area contributed by atoms with Crippen molar-refractivity contribution in [1.29, 1.82) is 0 Å². The lowest BCUT2D eigenvalue weighted by molar-refractivity contribution is -0.116. The number of ketones is 1. The molecule has 1 aromatic rings. The number of oxime groups is 1. The number of amides is 1. The zero-order valence-corrected chi connectivity index (χ0v) is 17.2. The number of aliphatic hydroxyl groups excluding tert-OH is 1. The lowest BCUT2D eigenvalue weighted by Crippen LogP contribution is -2.24.